The van der Waals surface area contributed by atoms with Gasteiger partial charge in [0.15, 0.2) is 11.6 Å². The number of hydrogen-bond donors (Lipinski definition) is 0. The summed E-state index contributed by atoms with van der Waals surface area (Å²) in [5.41, 5.74) is 0.703. The second-order valence-corrected chi connectivity index (χ2v) is 7.68. The SMILES string of the molecule is FC(=CC1(c2ccc(OC(F)(F)F)cc2)CC1)Cc1ccc(F)c(Oc2ccccc2)c1. The number of rotatable bonds is 7. The van der Waals surface area contributed by atoms with Crippen molar-refractivity contribution < 1.29 is 31.4 Å². The van der Waals surface area contributed by atoms with E-state index in [4.69, 9.17) is 4.74 Å². The molecule has 0 aromatic heterocycles. The van der Waals surface area contributed by atoms with Crippen molar-refractivity contribution >= 4 is 0 Å². The molecule has 0 aliphatic heterocycles. The molecule has 0 unspecified atom stereocenters. The lowest BCUT2D eigenvalue weighted by Crippen LogP contribution is -2.17. The van der Waals surface area contributed by atoms with Crippen LogP contribution in [0.5, 0.6) is 17.2 Å². The van der Waals surface area contributed by atoms with Crippen LogP contribution in [0.3, 0.4) is 0 Å². The molecule has 32 heavy (non-hydrogen) atoms. The van der Waals surface area contributed by atoms with Gasteiger partial charge in [-0.2, -0.15) is 0 Å². The Morgan fingerprint density at radius 3 is 2.22 bits per heavy atom. The highest BCUT2D eigenvalue weighted by atomic mass is 19.4. The van der Waals surface area contributed by atoms with Crippen LogP contribution in [0.2, 0.25) is 0 Å². The molecular weight excluding hydrogens is 427 g/mol. The average molecular weight is 446 g/mol. The van der Waals surface area contributed by atoms with Gasteiger partial charge in [-0.1, -0.05) is 36.4 Å². The molecule has 0 saturated heterocycles. The van der Waals surface area contributed by atoms with E-state index in [9.17, 15) is 22.0 Å². The van der Waals surface area contributed by atoms with Gasteiger partial charge in [0.25, 0.3) is 0 Å². The standard InChI is InChI=1S/C25H19F5O2/c26-19(14-17-6-11-22(27)23(15-17)31-20-4-2-1-3-5-20)16-24(12-13-24)18-7-9-21(10-8-18)32-25(28,29)30/h1-11,15-16H,12-14H2. The van der Waals surface area contributed by atoms with Gasteiger partial charge < -0.3 is 9.47 Å². The van der Waals surface area contributed by atoms with Crippen molar-refractivity contribution in [3.8, 4) is 17.2 Å². The summed E-state index contributed by atoms with van der Waals surface area (Å²) < 4.78 is 75.4. The van der Waals surface area contributed by atoms with Crippen LogP contribution in [0.1, 0.15) is 24.0 Å². The molecule has 0 radical (unpaired) electrons. The summed E-state index contributed by atoms with van der Waals surface area (Å²) in [6.45, 7) is 0. The Morgan fingerprint density at radius 2 is 1.59 bits per heavy atom. The molecule has 1 saturated carbocycles. The van der Waals surface area contributed by atoms with Gasteiger partial charge in [0.2, 0.25) is 0 Å². The zero-order chi connectivity index (χ0) is 22.8. The Hall–Kier alpha value is -3.35. The van der Waals surface area contributed by atoms with E-state index in [1.807, 2.05) is 6.07 Å². The summed E-state index contributed by atoms with van der Waals surface area (Å²) in [4.78, 5) is 0. The van der Waals surface area contributed by atoms with Crippen LogP contribution >= 0.6 is 0 Å². The van der Waals surface area contributed by atoms with Crippen LogP contribution in [-0.4, -0.2) is 6.36 Å². The monoisotopic (exact) mass is 446 g/mol. The summed E-state index contributed by atoms with van der Waals surface area (Å²) in [7, 11) is 0. The normalized spacial score (nSPS) is 15.3. The molecule has 4 rings (SSSR count). The predicted molar refractivity (Wildman–Crippen MR) is 110 cm³/mol. The van der Waals surface area contributed by atoms with Gasteiger partial charge in [-0.3, -0.25) is 0 Å². The van der Waals surface area contributed by atoms with Gasteiger partial charge in [0.1, 0.15) is 17.3 Å². The fraction of sp³-hybridized carbons (Fsp3) is 0.200. The summed E-state index contributed by atoms with van der Waals surface area (Å²) >= 11 is 0. The maximum Gasteiger partial charge on any atom is 0.573 e. The zero-order valence-corrected chi connectivity index (χ0v) is 16.8. The molecule has 166 valence electrons. The molecule has 0 heterocycles. The van der Waals surface area contributed by atoms with E-state index in [1.165, 1.54) is 48.5 Å². The second-order valence-electron chi connectivity index (χ2n) is 7.68. The minimum atomic E-state index is -4.76. The number of ether oxygens (including phenoxy) is 2. The van der Waals surface area contributed by atoms with Gasteiger partial charge >= 0.3 is 6.36 Å². The van der Waals surface area contributed by atoms with E-state index in [2.05, 4.69) is 4.74 Å². The van der Waals surface area contributed by atoms with E-state index >= 15 is 0 Å². The number of halogens is 5. The lowest BCUT2D eigenvalue weighted by Gasteiger charge is -2.14. The van der Waals surface area contributed by atoms with Crippen LogP contribution < -0.4 is 9.47 Å². The van der Waals surface area contributed by atoms with Crippen LogP contribution in [0.25, 0.3) is 0 Å². The summed E-state index contributed by atoms with van der Waals surface area (Å²) in [6.07, 6.45) is -1.95. The molecule has 0 amide bonds. The predicted octanol–water partition coefficient (Wildman–Crippen LogP) is 7.64. The third kappa shape index (κ3) is 5.46. The van der Waals surface area contributed by atoms with E-state index in [1.54, 1.807) is 24.3 Å². The Labute approximate surface area is 181 Å². The fourth-order valence-electron chi connectivity index (χ4n) is 3.54. The maximum atomic E-state index is 14.8. The van der Waals surface area contributed by atoms with Crippen molar-refractivity contribution in [2.45, 2.75) is 31.0 Å². The molecule has 1 aliphatic rings. The lowest BCUT2D eigenvalue weighted by molar-refractivity contribution is -0.274. The molecule has 2 nitrogen and oxygen atoms in total. The Kier molecular flexibility index (Phi) is 5.91. The van der Waals surface area contributed by atoms with Crippen LogP contribution in [0.15, 0.2) is 84.7 Å². The van der Waals surface area contributed by atoms with Crippen molar-refractivity contribution in [3.05, 3.63) is 102 Å². The third-order valence-corrected chi connectivity index (χ3v) is 5.22. The topological polar surface area (TPSA) is 18.5 Å². The first-order valence-corrected chi connectivity index (χ1v) is 9.97. The number of hydrogen-bond acceptors (Lipinski definition) is 2. The van der Waals surface area contributed by atoms with Gasteiger partial charge in [0.05, 0.1) is 0 Å². The van der Waals surface area contributed by atoms with E-state index < -0.39 is 23.4 Å². The summed E-state index contributed by atoms with van der Waals surface area (Å²) in [6, 6.07) is 18.4. The van der Waals surface area contributed by atoms with Gasteiger partial charge in [-0.15, -0.1) is 13.2 Å². The molecule has 0 N–H and O–H groups in total. The van der Waals surface area contributed by atoms with Crippen LogP contribution in [0.4, 0.5) is 22.0 Å². The van der Waals surface area contributed by atoms with Gasteiger partial charge in [-0.25, -0.2) is 8.78 Å². The highest BCUT2D eigenvalue weighted by molar-refractivity contribution is 5.42. The van der Waals surface area contributed by atoms with E-state index in [-0.39, 0.29) is 17.9 Å². The number of benzene rings is 3. The lowest BCUT2D eigenvalue weighted by atomic mass is 9.94. The first kappa shape index (κ1) is 21.9. The molecule has 3 aromatic rings. The molecule has 1 fully saturated rings. The minimum Gasteiger partial charge on any atom is -0.454 e. The first-order valence-electron chi connectivity index (χ1n) is 9.97. The summed E-state index contributed by atoms with van der Waals surface area (Å²) in [5.74, 6) is -0.812. The largest absolute Gasteiger partial charge is 0.573 e. The highest BCUT2D eigenvalue weighted by Gasteiger charge is 2.43. The number of para-hydroxylation sites is 1. The van der Waals surface area contributed by atoms with Crippen LogP contribution in [-0.2, 0) is 11.8 Å². The van der Waals surface area contributed by atoms with E-state index in [0.717, 1.165) is 5.56 Å². The molecule has 1 aliphatic carbocycles. The quantitative estimate of drug-likeness (QED) is 0.347. The van der Waals surface area contributed by atoms with E-state index in [0.29, 0.717) is 24.2 Å². The average Bonchev–Trinajstić information content (AvgIpc) is 3.51. The van der Waals surface area contributed by atoms with Crippen molar-refractivity contribution in [2.75, 3.05) is 0 Å². The third-order valence-electron chi connectivity index (χ3n) is 5.22. The van der Waals surface area contributed by atoms with Gasteiger partial charge in [-0.05, 0) is 66.4 Å². The molecule has 7 heteroatoms. The smallest absolute Gasteiger partial charge is 0.454 e. The second kappa shape index (κ2) is 8.65. The molecule has 0 bridgehead atoms. The first-order chi connectivity index (χ1) is 15.2. The summed E-state index contributed by atoms with van der Waals surface area (Å²) in [5, 5.41) is 0. The highest BCUT2D eigenvalue weighted by Crippen LogP contribution is 2.50. The molecule has 3 aromatic carbocycles. The molecule has 0 spiro atoms. The van der Waals surface area contributed by atoms with Gasteiger partial charge in [0, 0.05) is 11.8 Å². The Morgan fingerprint density at radius 1 is 0.906 bits per heavy atom. The Bertz CT molecular complexity index is 1100. The van der Waals surface area contributed by atoms with Crippen molar-refractivity contribution in [1.29, 1.82) is 0 Å². The maximum absolute atomic E-state index is 14.8. The fourth-order valence-corrected chi connectivity index (χ4v) is 3.54. The van der Waals surface area contributed by atoms with Crippen molar-refractivity contribution in [1.82, 2.24) is 0 Å². The Balaban J connectivity index is 1.47. The molecular formula is C25H19F5O2. The zero-order valence-electron chi connectivity index (χ0n) is 16.8. The van der Waals surface area contributed by atoms with Crippen LogP contribution in [0, 0.1) is 5.82 Å². The number of alkyl halides is 3. The van der Waals surface area contributed by atoms with Crippen molar-refractivity contribution in [3.63, 3.8) is 0 Å². The number of allylic oxidation sites excluding steroid dienone is 2. The molecule has 0 atom stereocenters. The minimum absolute atomic E-state index is 0.00267. The van der Waals surface area contributed by atoms with Crippen molar-refractivity contribution in [2.24, 2.45) is 0 Å².